The van der Waals surface area contributed by atoms with E-state index in [-0.39, 0.29) is 31.1 Å². The molecule has 4 unspecified atom stereocenters. The van der Waals surface area contributed by atoms with Crippen LogP contribution in [0.2, 0.25) is 0 Å². The second kappa shape index (κ2) is 14.8. The van der Waals surface area contributed by atoms with Crippen molar-refractivity contribution in [1.29, 1.82) is 0 Å². The average molecular weight is 488 g/mol. The number of hydrogen-bond donors (Lipinski definition) is 7. The number of nitrogens with one attached hydrogen (secondary N) is 3. The van der Waals surface area contributed by atoms with Gasteiger partial charge in [0.15, 0.2) is 0 Å². The minimum absolute atomic E-state index is 0.0864. The molecule has 0 aliphatic rings. The van der Waals surface area contributed by atoms with Gasteiger partial charge in [-0.1, -0.05) is 27.7 Å². The third kappa shape index (κ3) is 12.7. The van der Waals surface area contributed by atoms with E-state index in [1.807, 2.05) is 13.8 Å². The van der Waals surface area contributed by atoms with Crippen LogP contribution in [0.1, 0.15) is 59.8 Å². The van der Waals surface area contributed by atoms with Crippen molar-refractivity contribution in [3.63, 3.8) is 0 Å². The van der Waals surface area contributed by atoms with Crippen molar-refractivity contribution in [3.05, 3.63) is 0 Å². The number of carboxylic acid groups (broad SMARTS) is 2. The van der Waals surface area contributed by atoms with Crippen LogP contribution in [0, 0.1) is 11.8 Å². The molecule has 0 radical (unpaired) electrons. The summed E-state index contributed by atoms with van der Waals surface area (Å²) in [5.74, 6) is -6.00. The van der Waals surface area contributed by atoms with Crippen molar-refractivity contribution >= 4 is 35.6 Å². The zero-order chi connectivity index (χ0) is 26.6. The molecule has 0 aliphatic heterocycles. The molecule has 194 valence electrons. The maximum absolute atomic E-state index is 12.8. The molecular weight excluding hydrogens is 450 g/mol. The fourth-order valence-electron chi connectivity index (χ4n) is 3.07. The fraction of sp³-hybridized carbons (Fsp3) is 0.714. The number of aliphatic carboxylic acids is 2. The number of primary amides is 1. The first kappa shape index (κ1) is 30.8. The third-order valence-corrected chi connectivity index (χ3v) is 4.71. The Morgan fingerprint density at radius 1 is 0.735 bits per heavy atom. The van der Waals surface area contributed by atoms with E-state index in [1.54, 1.807) is 13.8 Å². The highest BCUT2D eigenvalue weighted by molar-refractivity contribution is 5.95. The van der Waals surface area contributed by atoms with Crippen molar-refractivity contribution in [2.24, 2.45) is 23.3 Å². The van der Waals surface area contributed by atoms with Gasteiger partial charge in [0.25, 0.3) is 0 Å². The first-order valence-electron chi connectivity index (χ1n) is 11.0. The molecule has 4 amide bonds. The van der Waals surface area contributed by atoms with Crippen LogP contribution in [0.5, 0.6) is 0 Å². The summed E-state index contributed by atoms with van der Waals surface area (Å²) in [6.45, 7) is 7.21. The number of hydrogen-bond acceptors (Lipinski definition) is 7. The summed E-state index contributed by atoms with van der Waals surface area (Å²) in [6.07, 6.45) is -0.863. The van der Waals surface area contributed by atoms with Gasteiger partial charge in [0.05, 0.1) is 12.5 Å². The van der Waals surface area contributed by atoms with Gasteiger partial charge < -0.3 is 37.6 Å². The molecule has 0 spiro atoms. The predicted molar refractivity (Wildman–Crippen MR) is 121 cm³/mol. The first-order valence-corrected chi connectivity index (χ1v) is 11.0. The monoisotopic (exact) mass is 487 g/mol. The van der Waals surface area contributed by atoms with Crippen LogP contribution in [0.4, 0.5) is 0 Å². The number of carboxylic acids is 2. The third-order valence-electron chi connectivity index (χ3n) is 4.71. The summed E-state index contributed by atoms with van der Waals surface area (Å²) in [6, 6.07) is -5.10. The normalized spacial score (nSPS) is 14.6. The van der Waals surface area contributed by atoms with E-state index in [2.05, 4.69) is 16.0 Å². The van der Waals surface area contributed by atoms with Crippen LogP contribution in [0.15, 0.2) is 0 Å². The minimum Gasteiger partial charge on any atom is -0.481 e. The maximum Gasteiger partial charge on any atom is 0.326 e. The maximum atomic E-state index is 12.8. The summed E-state index contributed by atoms with van der Waals surface area (Å²) < 4.78 is 0. The van der Waals surface area contributed by atoms with Gasteiger partial charge >= 0.3 is 11.9 Å². The molecule has 0 rings (SSSR count). The zero-order valence-corrected chi connectivity index (χ0v) is 20.0. The molecule has 0 aromatic heterocycles. The molecule has 34 heavy (non-hydrogen) atoms. The molecule has 0 heterocycles. The Balaban J connectivity index is 5.52. The van der Waals surface area contributed by atoms with Crippen LogP contribution in [0.25, 0.3) is 0 Å². The SMILES string of the molecule is CC(C)CC(N)C(=O)NC(CC(=O)O)C(=O)NC(CC(C)C)C(=O)NC(CCC(N)=O)C(=O)O. The second-order valence-corrected chi connectivity index (χ2v) is 8.99. The second-order valence-electron chi connectivity index (χ2n) is 8.99. The van der Waals surface area contributed by atoms with E-state index in [4.69, 9.17) is 16.6 Å². The van der Waals surface area contributed by atoms with E-state index in [0.717, 1.165) is 0 Å². The van der Waals surface area contributed by atoms with Gasteiger partial charge in [-0.2, -0.15) is 0 Å². The van der Waals surface area contributed by atoms with E-state index < -0.39 is 66.2 Å². The Labute approximate surface area is 198 Å². The standard InChI is InChI=1S/C21H37N5O8/c1-10(2)7-12(22)18(30)25-15(9-17(28)29)20(32)26-14(8-11(3)4)19(31)24-13(21(33)34)5-6-16(23)27/h10-15H,5-9,22H2,1-4H3,(H2,23,27)(H,24,31)(H,25,30)(H,26,32)(H,28,29)(H,33,34). The summed E-state index contributed by atoms with van der Waals surface area (Å²) in [5.41, 5.74) is 10.8. The van der Waals surface area contributed by atoms with Crippen molar-refractivity contribution in [2.75, 3.05) is 0 Å². The Bertz CT molecular complexity index is 755. The lowest BCUT2D eigenvalue weighted by Crippen LogP contribution is -2.57. The highest BCUT2D eigenvalue weighted by Crippen LogP contribution is 2.09. The van der Waals surface area contributed by atoms with Crippen LogP contribution < -0.4 is 27.4 Å². The zero-order valence-electron chi connectivity index (χ0n) is 20.0. The number of nitrogens with two attached hydrogens (primary N) is 2. The molecule has 0 aliphatic carbocycles. The lowest BCUT2D eigenvalue weighted by atomic mass is 10.0. The Morgan fingerprint density at radius 3 is 1.65 bits per heavy atom. The molecule has 0 saturated carbocycles. The molecule has 0 aromatic carbocycles. The predicted octanol–water partition coefficient (Wildman–Crippen LogP) is -1.31. The van der Waals surface area contributed by atoms with E-state index >= 15 is 0 Å². The van der Waals surface area contributed by atoms with Gasteiger partial charge in [-0.25, -0.2) is 4.79 Å². The molecule has 0 bridgehead atoms. The number of carbonyl (C=O) groups excluding carboxylic acids is 4. The summed E-state index contributed by atoms with van der Waals surface area (Å²) >= 11 is 0. The highest BCUT2D eigenvalue weighted by atomic mass is 16.4. The number of carbonyl (C=O) groups is 6. The number of amides is 4. The van der Waals surface area contributed by atoms with E-state index in [1.165, 1.54) is 0 Å². The Kier molecular flexibility index (Phi) is 13.4. The van der Waals surface area contributed by atoms with Crippen LogP contribution in [-0.4, -0.2) is 69.9 Å². The number of rotatable bonds is 16. The van der Waals surface area contributed by atoms with Crippen LogP contribution in [-0.2, 0) is 28.8 Å². The minimum atomic E-state index is -1.50. The first-order chi connectivity index (χ1) is 15.6. The van der Waals surface area contributed by atoms with Crippen LogP contribution >= 0.6 is 0 Å². The topological polar surface area (TPSA) is 231 Å². The smallest absolute Gasteiger partial charge is 0.326 e. The Hall–Kier alpha value is -3.22. The van der Waals surface area contributed by atoms with Gasteiger partial charge in [-0.05, 0) is 31.1 Å². The van der Waals surface area contributed by atoms with Crippen molar-refractivity contribution in [3.8, 4) is 0 Å². The Morgan fingerprint density at radius 2 is 1.21 bits per heavy atom. The molecule has 0 saturated heterocycles. The summed E-state index contributed by atoms with van der Waals surface area (Å²) in [5, 5.41) is 25.4. The molecule has 13 heteroatoms. The molecule has 0 fully saturated rings. The van der Waals surface area contributed by atoms with E-state index in [0.29, 0.717) is 6.42 Å². The summed E-state index contributed by atoms with van der Waals surface area (Å²) in [4.78, 5) is 71.5. The molecular formula is C21H37N5O8. The van der Waals surface area contributed by atoms with E-state index in [9.17, 15) is 33.9 Å². The lowest BCUT2D eigenvalue weighted by Gasteiger charge is -2.25. The largest absolute Gasteiger partial charge is 0.481 e. The van der Waals surface area contributed by atoms with Gasteiger partial charge in [-0.3, -0.25) is 24.0 Å². The van der Waals surface area contributed by atoms with Crippen molar-refractivity contribution < 1.29 is 39.0 Å². The average Bonchev–Trinajstić information content (AvgIpc) is 2.68. The molecule has 13 nitrogen and oxygen atoms in total. The van der Waals surface area contributed by atoms with Crippen molar-refractivity contribution in [1.82, 2.24) is 16.0 Å². The lowest BCUT2D eigenvalue weighted by molar-refractivity contribution is -0.143. The van der Waals surface area contributed by atoms with Gasteiger partial charge in [0.2, 0.25) is 23.6 Å². The van der Waals surface area contributed by atoms with Gasteiger partial charge in [0.1, 0.15) is 18.1 Å². The van der Waals surface area contributed by atoms with Crippen LogP contribution in [0.3, 0.4) is 0 Å². The highest BCUT2D eigenvalue weighted by Gasteiger charge is 2.32. The fourth-order valence-corrected chi connectivity index (χ4v) is 3.07. The van der Waals surface area contributed by atoms with Gasteiger partial charge in [0, 0.05) is 6.42 Å². The molecule has 0 aromatic rings. The quantitative estimate of drug-likeness (QED) is 0.137. The molecule has 4 atom stereocenters. The van der Waals surface area contributed by atoms with Gasteiger partial charge in [-0.15, -0.1) is 0 Å². The molecule has 9 N–H and O–H groups in total. The summed E-state index contributed by atoms with van der Waals surface area (Å²) in [7, 11) is 0. The van der Waals surface area contributed by atoms with Crippen molar-refractivity contribution in [2.45, 2.75) is 84.0 Å².